The van der Waals surface area contributed by atoms with Crippen LogP contribution in [0.5, 0.6) is 5.75 Å². The SMILES string of the molecule is O=S1(=O)CCc2nc(-c3ccccc3O)nc(NCc3cnccn3)c2C1. The third-order valence-corrected chi connectivity index (χ3v) is 5.86. The van der Waals surface area contributed by atoms with Crippen molar-refractivity contribution in [2.75, 3.05) is 11.1 Å². The first-order valence-electron chi connectivity index (χ1n) is 8.39. The van der Waals surface area contributed by atoms with Crippen LogP contribution < -0.4 is 5.32 Å². The Bertz CT molecular complexity index is 1090. The number of aromatic hydroxyl groups is 1. The molecule has 1 aliphatic rings. The highest BCUT2D eigenvalue weighted by atomic mass is 32.2. The molecule has 0 amide bonds. The quantitative estimate of drug-likeness (QED) is 0.699. The molecule has 0 aliphatic carbocycles. The highest BCUT2D eigenvalue weighted by Gasteiger charge is 2.27. The Morgan fingerprint density at radius 1 is 1.15 bits per heavy atom. The van der Waals surface area contributed by atoms with Crippen molar-refractivity contribution in [1.29, 1.82) is 0 Å². The molecule has 0 bridgehead atoms. The van der Waals surface area contributed by atoms with Crippen molar-refractivity contribution in [3.05, 3.63) is 59.8 Å². The summed E-state index contributed by atoms with van der Waals surface area (Å²) in [6.45, 7) is 0.345. The Balaban J connectivity index is 1.77. The molecule has 4 rings (SSSR count). The van der Waals surface area contributed by atoms with E-state index in [1.807, 2.05) is 0 Å². The highest BCUT2D eigenvalue weighted by molar-refractivity contribution is 7.90. The Hall–Kier alpha value is -3.07. The van der Waals surface area contributed by atoms with Gasteiger partial charge in [0.25, 0.3) is 0 Å². The third-order valence-electron chi connectivity index (χ3n) is 4.31. The molecule has 0 spiro atoms. The molecule has 2 N–H and O–H groups in total. The van der Waals surface area contributed by atoms with E-state index in [4.69, 9.17) is 0 Å². The summed E-state index contributed by atoms with van der Waals surface area (Å²) in [6.07, 6.45) is 5.12. The van der Waals surface area contributed by atoms with E-state index in [9.17, 15) is 13.5 Å². The van der Waals surface area contributed by atoms with Gasteiger partial charge in [-0.25, -0.2) is 18.4 Å². The van der Waals surface area contributed by atoms with Gasteiger partial charge in [0.2, 0.25) is 0 Å². The van der Waals surface area contributed by atoms with E-state index >= 15 is 0 Å². The van der Waals surface area contributed by atoms with Crippen LogP contribution in [0.4, 0.5) is 5.82 Å². The van der Waals surface area contributed by atoms with Crippen LogP contribution in [0, 0.1) is 0 Å². The fraction of sp³-hybridized carbons (Fsp3) is 0.222. The van der Waals surface area contributed by atoms with E-state index in [0.717, 1.165) is 0 Å². The Labute approximate surface area is 156 Å². The molecular formula is C18H17N5O3S. The minimum Gasteiger partial charge on any atom is -0.507 e. The predicted octanol–water partition coefficient (Wildman–Crippen LogP) is 1.72. The molecule has 0 atom stereocenters. The van der Waals surface area contributed by atoms with E-state index in [1.165, 1.54) is 0 Å². The summed E-state index contributed by atoms with van der Waals surface area (Å²) in [6, 6.07) is 6.80. The van der Waals surface area contributed by atoms with Crippen molar-refractivity contribution in [2.24, 2.45) is 0 Å². The summed E-state index contributed by atoms with van der Waals surface area (Å²) in [4.78, 5) is 17.2. The van der Waals surface area contributed by atoms with Crippen molar-refractivity contribution < 1.29 is 13.5 Å². The molecule has 1 aromatic carbocycles. The zero-order chi connectivity index (χ0) is 18.9. The predicted molar refractivity (Wildman–Crippen MR) is 99.7 cm³/mol. The van der Waals surface area contributed by atoms with Gasteiger partial charge in [0.05, 0.1) is 41.2 Å². The Morgan fingerprint density at radius 3 is 2.78 bits per heavy atom. The number of phenolic OH excluding ortho intramolecular Hbond substituents is 1. The van der Waals surface area contributed by atoms with Crippen LogP contribution in [0.2, 0.25) is 0 Å². The van der Waals surface area contributed by atoms with Crippen LogP contribution in [0.15, 0.2) is 42.9 Å². The number of rotatable bonds is 4. The lowest BCUT2D eigenvalue weighted by Gasteiger charge is -2.20. The van der Waals surface area contributed by atoms with E-state index in [1.54, 1.807) is 42.9 Å². The molecule has 138 valence electrons. The number of benzene rings is 1. The lowest BCUT2D eigenvalue weighted by molar-refractivity contribution is 0.477. The lowest BCUT2D eigenvalue weighted by atomic mass is 10.1. The molecule has 3 heterocycles. The zero-order valence-corrected chi connectivity index (χ0v) is 15.1. The van der Waals surface area contributed by atoms with Crippen molar-refractivity contribution in [3.8, 4) is 17.1 Å². The molecule has 2 aromatic heterocycles. The fourth-order valence-electron chi connectivity index (χ4n) is 2.96. The van der Waals surface area contributed by atoms with Crippen LogP contribution in [0.3, 0.4) is 0 Å². The van der Waals surface area contributed by atoms with Gasteiger partial charge >= 0.3 is 0 Å². The van der Waals surface area contributed by atoms with E-state index < -0.39 is 9.84 Å². The van der Waals surface area contributed by atoms with Gasteiger partial charge in [-0.15, -0.1) is 0 Å². The number of fused-ring (bicyclic) bond motifs is 1. The zero-order valence-electron chi connectivity index (χ0n) is 14.3. The number of anilines is 1. The Morgan fingerprint density at radius 2 is 2.00 bits per heavy atom. The number of sulfone groups is 1. The molecule has 8 nitrogen and oxygen atoms in total. The van der Waals surface area contributed by atoms with Crippen LogP contribution in [-0.4, -0.2) is 39.2 Å². The second-order valence-electron chi connectivity index (χ2n) is 6.23. The minimum absolute atomic E-state index is 0.0564. The van der Waals surface area contributed by atoms with Gasteiger partial charge in [0.15, 0.2) is 15.7 Å². The van der Waals surface area contributed by atoms with Crippen molar-refractivity contribution in [2.45, 2.75) is 18.7 Å². The maximum Gasteiger partial charge on any atom is 0.165 e. The average Bonchev–Trinajstić information content (AvgIpc) is 2.67. The van der Waals surface area contributed by atoms with E-state index in [2.05, 4.69) is 25.3 Å². The Kier molecular flexibility index (Phi) is 4.44. The fourth-order valence-corrected chi connectivity index (χ4v) is 4.35. The van der Waals surface area contributed by atoms with Gasteiger partial charge < -0.3 is 10.4 Å². The van der Waals surface area contributed by atoms with E-state index in [-0.39, 0.29) is 17.3 Å². The molecule has 9 heteroatoms. The number of hydrogen-bond acceptors (Lipinski definition) is 8. The van der Waals surface area contributed by atoms with Crippen LogP contribution in [0.25, 0.3) is 11.4 Å². The molecule has 1 aliphatic heterocycles. The van der Waals surface area contributed by atoms with Gasteiger partial charge in [-0.05, 0) is 12.1 Å². The minimum atomic E-state index is -3.18. The highest BCUT2D eigenvalue weighted by Crippen LogP contribution is 2.31. The molecule has 0 saturated carbocycles. The number of nitrogens with one attached hydrogen (secondary N) is 1. The van der Waals surface area contributed by atoms with Gasteiger partial charge in [-0.1, -0.05) is 12.1 Å². The van der Waals surface area contributed by atoms with Gasteiger partial charge in [-0.3, -0.25) is 9.97 Å². The van der Waals surface area contributed by atoms with Crippen molar-refractivity contribution in [1.82, 2.24) is 19.9 Å². The number of phenols is 1. The van der Waals surface area contributed by atoms with Gasteiger partial charge in [0, 0.05) is 24.4 Å². The van der Waals surface area contributed by atoms with Crippen LogP contribution in [-0.2, 0) is 28.6 Å². The second-order valence-corrected chi connectivity index (χ2v) is 8.41. The molecule has 27 heavy (non-hydrogen) atoms. The molecular weight excluding hydrogens is 366 g/mol. The summed E-state index contributed by atoms with van der Waals surface area (Å²) in [5.74, 6) is 0.813. The average molecular weight is 383 g/mol. The van der Waals surface area contributed by atoms with Crippen LogP contribution in [0.1, 0.15) is 17.0 Å². The molecule has 0 saturated heterocycles. The summed E-state index contributed by atoms with van der Waals surface area (Å²) < 4.78 is 24.2. The topological polar surface area (TPSA) is 118 Å². The maximum atomic E-state index is 12.1. The number of hydrogen-bond donors (Lipinski definition) is 2. The smallest absolute Gasteiger partial charge is 0.165 e. The second kappa shape index (κ2) is 6.92. The summed E-state index contributed by atoms with van der Waals surface area (Å²) in [5.41, 5.74) is 2.45. The molecule has 3 aromatic rings. The third kappa shape index (κ3) is 3.72. The first kappa shape index (κ1) is 17.3. The standard InChI is InChI=1S/C18H17N5O3S/c24-16-4-2-1-3-13(16)18-22-15-5-8-27(25,26)11-14(15)17(23-18)21-10-12-9-19-6-7-20-12/h1-4,6-7,9,24H,5,8,10-11H2,(H,21,22,23). The number of aromatic nitrogens is 4. The first-order valence-corrected chi connectivity index (χ1v) is 10.2. The van der Waals surface area contributed by atoms with Crippen molar-refractivity contribution >= 4 is 15.7 Å². The van der Waals surface area contributed by atoms with Gasteiger partial charge in [-0.2, -0.15) is 0 Å². The normalized spacial score (nSPS) is 15.1. The summed E-state index contributed by atoms with van der Waals surface area (Å²) in [7, 11) is -3.18. The van der Waals surface area contributed by atoms with Crippen LogP contribution >= 0.6 is 0 Å². The number of para-hydroxylation sites is 1. The van der Waals surface area contributed by atoms with Gasteiger partial charge in [0.1, 0.15) is 11.6 Å². The largest absolute Gasteiger partial charge is 0.507 e. The lowest BCUT2D eigenvalue weighted by Crippen LogP contribution is -2.23. The molecule has 0 fully saturated rings. The summed E-state index contributed by atoms with van der Waals surface area (Å²) in [5, 5.41) is 13.3. The van der Waals surface area contributed by atoms with Crippen molar-refractivity contribution in [3.63, 3.8) is 0 Å². The monoisotopic (exact) mass is 383 g/mol. The van der Waals surface area contributed by atoms with E-state index in [0.29, 0.717) is 47.1 Å². The molecule has 0 unspecified atom stereocenters. The molecule has 0 radical (unpaired) electrons. The first-order chi connectivity index (χ1) is 13.0. The summed E-state index contributed by atoms with van der Waals surface area (Å²) >= 11 is 0. The maximum absolute atomic E-state index is 12.1. The number of nitrogens with zero attached hydrogens (tertiary/aromatic N) is 4. The number of aryl methyl sites for hydroxylation is 1.